The van der Waals surface area contributed by atoms with E-state index < -0.39 is 4.92 Å². The molecule has 0 spiro atoms. The van der Waals surface area contributed by atoms with Gasteiger partial charge in [0, 0.05) is 16.7 Å². The molecule has 0 aliphatic carbocycles. The maximum Gasteiger partial charge on any atom is 0.235 e. The summed E-state index contributed by atoms with van der Waals surface area (Å²) < 4.78 is 5.63. The van der Waals surface area contributed by atoms with Gasteiger partial charge in [0.1, 0.15) is 12.4 Å². The second-order valence-corrected chi connectivity index (χ2v) is 4.46. The van der Waals surface area contributed by atoms with Crippen LogP contribution in [0.2, 0.25) is 5.02 Å². The van der Waals surface area contributed by atoms with Crippen molar-refractivity contribution in [3.05, 3.63) is 81.0 Å². The van der Waals surface area contributed by atoms with Crippen LogP contribution in [0.15, 0.2) is 54.7 Å². The van der Waals surface area contributed by atoms with E-state index in [2.05, 4.69) is 0 Å². The highest BCUT2D eigenvalue weighted by Gasteiger charge is 2.01. The molecule has 0 radical (unpaired) electrons. The van der Waals surface area contributed by atoms with E-state index in [1.54, 1.807) is 30.3 Å². The summed E-state index contributed by atoms with van der Waals surface area (Å²) in [6.45, 7) is 0.349. The molecule has 4 nitrogen and oxygen atoms in total. The number of nitrogens with zero attached hydrogens (tertiary/aromatic N) is 1. The van der Waals surface area contributed by atoms with E-state index in [1.807, 2.05) is 18.2 Å². The van der Waals surface area contributed by atoms with Gasteiger partial charge in [0.15, 0.2) is 0 Å². The lowest BCUT2D eigenvalue weighted by atomic mass is 10.2. The predicted molar refractivity (Wildman–Crippen MR) is 78.3 cm³/mol. The quantitative estimate of drug-likeness (QED) is 0.613. The summed E-state index contributed by atoms with van der Waals surface area (Å²) in [6, 6.07) is 14.5. The lowest BCUT2D eigenvalue weighted by Gasteiger charge is -2.08. The van der Waals surface area contributed by atoms with Crippen molar-refractivity contribution in [3.63, 3.8) is 0 Å². The molecule has 0 aromatic heterocycles. The summed E-state index contributed by atoms with van der Waals surface area (Å²) in [6.07, 6.45) is 2.32. The summed E-state index contributed by atoms with van der Waals surface area (Å²) in [5, 5.41) is 10.9. The molecule has 0 amide bonds. The van der Waals surface area contributed by atoms with E-state index in [0.717, 1.165) is 11.8 Å². The normalized spacial score (nSPS) is 10.7. The van der Waals surface area contributed by atoms with Crippen LogP contribution >= 0.6 is 11.6 Å². The van der Waals surface area contributed by atoms with Gasteiger partial charge in [-0.3, -0.25) is 10.1 Å². The van der Waals surface area contributed by atoms with Gasteiger partial charge in [-0.15, -0.1) is 0 Å². The van der Waals surface area contributed by atoms with E-state index in [9.17, 15) is 10.1 Å². The molecule has 0 saturated carbocycles. The fourth-order valence-electron chi connectivity index (χ4n) is 1.63. The third kappa shape index (κ3) is 4.10. The van der Waals surface area contributed by atoms with Crippen LogP contribution in [0.5, 0.6) is 5.75 Å². The summed E-state index contributed by atoms with van der Waals surface area (Å²) in [5.74, 6) is 0.635. The Morgan fingerprint density at radius 1 is 1.20 bits per heavy atom. The van der Waals surface area contributed by atoms with Gasteiger partial charge < -0.3 is 4.74 Å². The van der Waals surface area contributed by atoms with Gasteiger partial charge in [0.2, 0.25) is 6.20 Å². The molecule has 20 heavy (non-hydrogen) atoms. The van der Waals surface area contributed by atoms with E-state index in [4.69, 9.17) is 16.3 Å². The smallest absolute Gasteiger partial charge is 0.235 e. The van der Waals surface area contributed by atoms with Crippen LogP contribution in [0.25, 0.3) is 6.08 Å². The summed E-state index contributed by atoms with van der Waals surface area (Å²) in [4.78, 5) is 9.78. The van der Waals surface area contributed by atoms with Crippen molar-refractivity contribution in [3.8, 4) is 5.75 Å². The molecule has 0 saturated heterocycles. The minimum absolute atomic E-state index is 0.349. The van der Waals surface area contributed by atoms with Gasteiger partial charge in [-0.25, -0.2) is 0 Å². The molecule has 2 aromatic rings. The lowest BCUT2D eigenvalue weighted by Crippen LogP contribution is -1.96. The first-order valence-electron chi connectivity index (χ1n) is 5.93. The first-order valence-corrected chi connectivity index (χ1v) is 6.31. The highest BCUT2D eigenvalue weighted by atomic mass is 35.5. The van der Waals surface area contributed by atoms with E-state index >= 15 is 0 Å². The van der Waals surface area contributed by atoms with Gasteiger partial charge in [-0.2, -0.15) is 0 Å². The van der Waals surface area contributed by atoms with Crippen molar-refractivity contribution in [2.75, 3.05) is 0 Å². The molecule has 0 N–H and O–H groups in total. The second kappa shape index (κ2) is 6.73. The topological polar surface area (TPSA) is 52.4 Å². The second-order valence-electron chi connectivity index (χ2n) is 4.05. The van der Waals surface area contributed by atoms with Gasteiger partial charge in [-0.05, 0) is 23.8 Å². The molecular weight excluding hydrogens is 278 g/mol. The van der Waals surface area contributed by atoms with E-state index in [-0.39, 0.29) is 0 Å². The van der Waals surface area contributed by atoms with Crippen LogP contribution in [0.4, 0.5) is 0 Å². The standard InChI is InChI=1S/C15H12ClNO3/c16-15-7-2-1-5-13(15)11-20-14-6-3-4-12(10-14)8-9-17(18)19/h1-10H,11H2. The van der Waals surface area contributed by atoms with Gasteiger partial charge >= 0.3 is 0 Å². The average molecular weight is 290 g/mol. The molecule has 0 bridgehead atoms. The fourth-order valence-corrected chi connectivity index (χ4v) is 1.82. The van der Waals surface area contributed by atoms with Crippen molar-refractivity contribution in [1.82, 2.24) is 0 Å². The first-order chi connectivity index (χ1) is 9.65. The average Bonchev–Trinajstić information content (AvgIpc) is 2.45. The Bertz CT molecular complexity index is 641. The highest BCUT2D eigenvalue weighted by Crippen LogP contribution is 2.19. The molecule has 0 heterocycles. The van der Waals surface area contributed by atoms with Gasteiger partial charge in [0.05, 0.1) is 4.92 Å². The third-order valence-electron chi connectivity index (χ3n) is 2.60. The molecule has 102 valence electrons. The van der Waals surface area contributed by atoms with Crippen molar-refractivity contribution >= 4 is 17.7 Å². The fraction of sp³-hybridized carbons (Fsp3) is 0.0667. The molecule has 2 rings (SSSR count). The number of halogens is 1. The Kier molecular flexibility index (Phi) is 4.74. The zero-order valence-electron chi connectivity index (χ0n) is 10.5. The molecule has 0 aliphatic rings. The van der Waals surface area contributed by atoms with Crippen LogP contribution in [0, 0.1) is 10.1 Å². The Hall–Kier alpha value is -2.33. The minimum atomic E-state index is -0.503. The predicted octanol–water partition coefficient (Wildman–Crippen LogP) is 4.17. The Labute approximate surface area is 121 Å². The van der Waals surface area contributed by atoms with Crippen molar-refractivity contribution in [2.45, 2.75) is 6.61 Å². The summed E-state index contributed by atoms with van der Waals surface area (Å²) in [5.41, 5.74) is 1.60. The Balaban J connectivity index is 2.05. The SMILES string of the molecule is O=[N+]([O-])C=Cc1cccc(OCc2ccccc2Cl)c1. The molecule has 0 fully saturated rings. The van der Waals surface area contributed by atoms with Crippen molar-refractivity contribution < 1.29 is 9.66 Å². The van der Waals surface area contributed by atoms with Gasteiger partial charge in [-0.1, -0.05) is 41.9 Å². The number of hydrogen-bond donors (Lipinski definition) is 0. The van der Waals surface area contributed by atoms with E-state index in [1.165, 1.54) is 6.08 Å². The number of hydrogen-bond acceptors (Lipinski definition) is 3. The maximum atomic E-state index is 10.3. The summed E-state index contributed by atoms with van der Waals surface area (Å²) >= 11 is 6.04. The summed E-state index contributed by atoms with van der Waals surface area (Å²) in [7, 11) is 0. The number of nitro groups is 1. The molecule has 0 atom stereocenters. The lowest BCUT2D eigenvalue weighted by molar-refractivity contribution is -0.400. The molecule has 0 unspecified atom stereocenters. The number of ether oxygens (including phenoxy) is 1. The highest BCUT2D eigenvalue weighted by molar-refractivity contribution is 6.31. The van der Waals surface area contributed by atoms with Crippen molar-refractivity contribution in [2.24, 2.45) is 0 Å². The van der Waals surface area contributed by atoms with Gasteiger partial charge in [0.25, 0.3) is 0 Å². The van der Waals surface area contributed by atoms with Crippen LogP contribution in [-0.2, 0) is 6.61 Å². The largest absolute Gasteiger partial charge is 0.489 e. The van der Waals surface area contributed by atoms with Crippen LogP contribution in [0.3, 0.4) is 0 Å². The molecular formula is C15H12ClNO3. The maximum absolute atomic E-state index is 10.3. The first kappa shape index (κ1) is 14.1. The zero-order valence-corrected chi connectivity index (χ0v) is 11.3. The van der Waals surface area contributed by atoms with Crippen LogP contribution in [0.1, 0.15) is 11.1 Å². The zero-order chi connectivity index (χ0) is 14.4. The third-order valence-corrected chi connectivity index (χ3v) is 2.97. The number of rotatable bonds is 5. The monoisotopic (exact) mass is 289 g/mol. The van der Waals surface area contributed by atoms with Crippen LogP contribution in [-0.4, -0.2) is 4.92 Å². The molecule has 5 heteroatoms. The molecule has 2 aromatic carbocycles. The van der Waals surface area contributed by atoms with Crippen LogP contribution < -0.4 is 4.74 Å². The number of benzene rings is 2. The Morgan fingerprint density at radius 3 is 2.75 bits per heavy atom. The Morgan fingerprint density at radius 2 is 2.00 bits per heavy atom. The minimum Gasteiger partial charge on any atom is -0.489 e. The van der Waals surface area contributed by atoms with Crippen molar-refractivity contribution in [1.29, 1.82) is 0 Å². The molecule has 0 aliphatic heterocycles. The van der Waals surface area contributed by atoms with E-state index in [0.29, 0.717) is 22.9 Å².